The van der Waals surface area contributed by atoms with Crippen LogP contribution in [0.1, 0.15) is 36.5 Å². The minimum Gasteiger partial charge on any atom is -0.496 e. The Kier molecular flexibility index (Phi) is 7.00. The van der Waals surface area contributed by atoms with Gasteiger partial charge >= 0.3 is 0 Å². The van der Waals surface area contributed by atoms with E-state index in [1.165, 1.54) is 27.1 Å². The second kappa shape index (κ2) is 9.46. The molecule has 0 unspecified atom stereocenters. The maximum atomic E-state index is 12.5. The van der Waals surface area contributed by atoms with Crippen molar-refractivity contribution in [1.29, 1.82) is 0 Å². The maximum Gasteiger partial charge on any atom is 0.264 e. The minimum absolute atomic E-state index is 0.316. The smallest absolute Gasteiger partial charge is 0.264 e. The zero-order valence-electron chi connectivity index (χ0n) is 14.8. The van der Waals surface area contributed by atoms with Crippen LogP contribution in [0.5, 0.6) is 11.5 Å². The van der Waals surface area contributed by atoms with Crippen molar-refractivity contribution in [3.63, 3.8) is 0 Å². The Balaban J connectivity index is 2.04. The second-order valence-electron chi connectivity index (χ2n) is 5.43. The third-order valence-corrected chi connectivity index (χ3v) is 3.65. The first kappa shape index (κ1) is 18.5. The Morgan fingerprint density at radius 1 is 1.00 bits per heavy atom. The zero-order valence-corrected chi connectivity index (χ0v) is 14.8. The molecule has 0 aliphatic carbocycles. The molecule has 1 aromatic carbocycles. The molecule has 1 amide bonds. The Bertz CT molecular complexity index is 667. The lowest BCUT2D eigenvalue weighted by Gasteiger charge is -2.12. The van der Waals surface area contributed by atoms with Gasteiger partial charge in [0.15, 0.2) is 5.82 Å². The molecular weight excluding hydrogens is 320 g/mol. The molecule has 0 radical (unpaired) electrons. The third-order valence-electron chi connectivity index (χ3n) is 3.65. The highest BCUT2D eigenvalue weighted by molar-refractivity contribution is 6.07. The average Bonchev–Trinajstić information content (AvgIpc) is 2.65. The number of nitrogens with one attached hydrogen (secondary N) is 2. The molecule has 1 aromatic heterocycles. The summed E-state index contributed by atoms with van der Waals surface area (Å²) in [5, 5.41) is 14.0. The highest BCUT2D eigenvalue weighted by Crippen LogP contribution is 2.28. The number of rotatable bonds is 9. The second-order valence-corrected chi connectivity index (χ2v) is 5.43. The molecule has 7 heteroatoms. The Morgan fingerprint density at radius 3 is 2.20 bits per heavy atom. The van der Waals surface area contributed by atoms with Crippen LogP contribution in [-0.2, 0) is 0 Å². The average molecular weight is 344 g/mol. The van der Waals surface area contributed by atoms with Gasteiger partial charge in [-0.05, 0) is 30.7 Å². The van der Waals surface area contributed by atoms with Crippen LogP contribution in [0, 0.1) is 0 Å². The fourth-order valence-corrected chi connectivity index (χ4v) is 2.34. The number of unbranched alkanes of at least 4 members (excludes halogenated alkanes) is 2. The van der Waals surface area contributed by atoms with E-state index >= 15 is 0 Å². The number of aromatic nitrogens is 2. The maximum absolute atomic E-state index is 12.5. The molecule has 0 bridgehead atoms. The largest absolute Gasteiger partial charge is 0.496 e. The molecule has 134 valence electrons. The first-order valence-electron chi connectivity index (χ1n) is 8.29. The van der Waals surface area contributed by atoms with E-state index in [9.17, 15) is 4.79 Å². The molecule has 0 aliphatic heterocycles. The van der Waals surface area contributed by atoms with E-state index in [1.807, 2.05) is 0 Å². The van der Waals surface area contributed by atoms with Crippen molar-refractivity contribution in [2.45, 2.75) is 26.2 Å². The third kappa shape index (κ3) is 5.07. The summed E-state index contributed by atoms with van der Waals surface area (Å²) >= 11 is 0. The van der Waals surface area contributed by atoms with Gasteiger partial charge in [0.2, 0.25) is 0 Å². The van der Waals surface area contributed by atoms with Crippen molar-refractivity contribution in [1.82, 2.24) is 10.2 Å². The molecule has 0 spiro atoms. The lowest BCUT2D eigenvalue weighted by Crippen LogP contribution is -2.16. The number of carbonyl (C=O) groups is 1. The van der Waals surface area contributed by atoms with Crippen molar-refractivity contribution in [2.75, 3.05) is 31.4 Å². The van der Waals surface area contributed by atoms with Gasteiger partial charge in [-0.2, -0.15) is 0 Å². The zero-order chi connectivity index (χ0) is 18.1. The van der Waals surface area contributed by atoms with Crippen LogP contribution in [-0.4, -0.2) is 36.9 Å². The molecule has 0 atom stereocenters. The first-order valence-corrected chi connectivity index (χ1v) is 8.29. The van der Waals surface area contributed by atoms with Crippen molar-refractivity contribution < 1.29 is 14.3 Å². The first-order chi connectivity index (χ1) is 12.2. The van der Waals surface area contributed by atoms with Crippen molar-refractivity contribution in [2.24, 2.45) is 0 Å². The molecule has 25 heavy (non-hydrogen) atoms. The van der Waals surface area contributed by atoms with Gasteiger partial charge in [-0.1, -0.05) is 25.8 Å². The van der Waals surface area contributed by atoms with Gasteiger partial charge in [0.1, 0.15) is 22.9 Å². The number of benzene rings is 1. The predicted octanol–water partition coefficient (Wildman–Crippen LogP) is 3.35. The Hall–Kier alpha value is -2.83. The summed E-state index contributed by atoms with van der Waals surface area (Å²) < 4.78 is 10.5. The minimum atomic E-state index is -0.368. The van der Waals surface area contributed by atoms with Crippen LogP contribution in [0.2, 0.25) is 0 Å². The van der Waals surface area contributed by atoms with E-state index in [0.29, 0.717) is 28.7 Å². The van der Waals surface area contributed by atoms with Gasteiger partial charge in [-0.25, -0.2) is 0 Å². The van der Waals surface area contributed by atoms with Gasteiger partial charge in [-0.3, -0.25) is 4.79 Å². The molecule has 2 aromatic rings. The SMILES string of the molecule is CCCCCNc1ccc(NC(=O)c2c(OC)cccc2OC)nn1. The van der Waals surface area contributed by atoms with Gasteiger partial charge in [0.05, 0.1) is 14.2 Å². The quantitative estimate of drug-likeness (QED) is 0.679. The number of methoxy groups -OCH3 is 2. The number of anilines is 2. The number of ether oxygens (including phenoxy) is 2. The van der Waals surface area contributed by atoms with Gasteiger partial charge < -0.3 is 20.1 Å². The Labute approximate surface area is 147 Å². The van der Waals surface area contributed by atoms with Crippen LogP contribution < -0.4 is 20.1 Å². The summed E-state index contributed by atoms with van der Waals surface area (Å²) in [7, 11) is 3.01. The van der Waals surface area contributed by atoms with Gasteiger partial charge in [0, 0.05) is 6.54 Å². The van der Waals surface area contributed by atoms with Crippen molar-refractivity contribution >= 4 is 17.5 Å². The number of hydrogen-bond acceptors (Lipinski definition) is 6. The van der Waals surface area contributed by atoms with Crippen LogP contribution >= 0.6 is 0 Å². The van der Waals surface area contributed by atoms with E-state index in [1.54, 1.807) is 30.3 Å². The van der Waals surface area contributed by atoms with Crippen LogP contribution in [0.15, 0.2) is 30.3 Å². The predicted molar refractivity (Wildman–Crippen MR) is 97.5 cm³/mol. The standard InChI is InChI=1S/C18H24N4O3/c1-4-5-6-12-19-15-10-11-16(22-21-15)20-18(23)17-13(24-2)8-7-9-14(17)25-3/h7-11H,4-6,12H2,1-3H3,(H,19,21)(H,20,22,23). The molecule has 0 saturated carbocycles. The molecule has 0 fully saturated rings. The molecular formula is C18H24N4O3. The van der Waals surface area contributed by atoms with Crippen molar-refractivity contribution in [3.8, 4) is 11.5 Å². The summed E-state index contributed by atoms with van der Waals surface area (Å²) in [6.45, 7) is 3.01. The van der Waals surface area contributed by atoms with Crippen LogP contribution in [0.3, 0.4) is 0 Å². The number of nitrogens with zero attached hydrogens (tertiary/aromatic N) is 2. The number of carbonyl (C=O) groups excluding carboxylic acids is 1. The normalized spacial score (nSPS) is 10.2. The topological polar surface area (TPSA) is 85.4 Å². The van der Waals surface area contributed by atoms with Crippen molar-refractivity contribution in [3.05, 3.63) is 35.9 Å². The van der Waals surface area contributed by atoms with Crippen LogP contribution in [0.25, 0.3) is 0 Å². The molecule has 0 saturated heterocycles. The molecule has 2 rings (SSSR count). The van der Waals surface area contributed by atoms with Gasteiger partial charge in [-0.15, -0.1) is 10.2 Å². The van der Waals surface area contributed by atoms with E-state index in [0.717, 1.165) is 13.0 Å². The van der Waals surface area contributed by atoms with E-state index in [2.05, 4.69) is 27.8 Å². The lowest BCUT2D eigenvalue weighted by atomic mass is 10.1. The number of amides is 1. The molecule has 2 N–H and O–H groups in total. The summed E-state index contributed by atoms with van der Waals surface area (Å²) in [6.07, 6.45) is 3.43. The van der Waals surface area contributed by atoms with E-state index < -0.39 is 0 Å². The van der Waals surface area contributed by atoms with E-state index in [-0.39, 0.29) is 5.91 Å². The molecule has 0 aliphatic rings. The monoisotopic (exact) mass is 344 g/mol. The van der Waals surface area contributed by atoms with Crippen LogP contribution in [0.4, 0.5) is 11.6 Å². The Morgan fingerprint density at radius 2 is 1.64 bits per heavy atom. The fourth-order valence-electron chi connectivity index (χ4n) is 2.34. The molecule has 7 nitrogen and oxygen atoms in total. The molecule has 1 heterocycles. The lowest BCUT2D eigenvalue weighted by molar-refractivity contribution is 0.102. The summed E-state index contributed by atoms with van der Waals surface area (Å²) in [4.78, 5) is 12.5. The van der Waals surface area contributed by atoms with Gasteiger partial charge in [0.25, 0.3) is 5.91 Å². The summed E-state index contributed by atoms with van der Waals surface area (Å²) in [5.41, 5.74) is 0.316. The number of hydrogen-bond donors (Lipinski definition) is 2. The highest BCUT2D eigenvalue weighted by atomic mass is 16.5. The summed E-state index contributed by atoms with van der Waals surface area (Å²) in [6, 6.07) is 8.65. The van der Waals surface area contributed by atoms with E-state index in [4.69, 9.17) is 9.47 Å². The summed E-state index contributed by atoms with van der Waals surface area (Å²) in [5.74, 6) is 1.53. The fraction of sp³-hybridized carbons (Fsp3) is 0.389. The highest BCUT2D eigenvalue weighted by Gasteiger charge is 2.18.